The molecule has 3 aromatic carbocycles. The van der Waals surface area contributed by atoms with E-state index in [4.69, 9.17) is 0 Å². The molecule has 1 atom stereocenters. The minimum atomic E-state index is -0.134. The van der Waals surface area contributed by atoms with Crippen LogP contribution in [0.3, 0.4) is 0 Å². The van der Waals surface area contributed by atoms with Gasteiger partial charge in [0.25, 0.3) is 0 Å². The number of rotatable bonds is 5. The second-order valence-corrected chi connectivity index (χ2v) is 9.79. The number of carbonyl (C=O) groups is 2. The lowest BCUT2D eigenvalue weighted by atomic mass is 9.59. The number of fused-ring (bicyclic) bond motifs is 1. The van der Waals surface area contributed by atoms with Crippen LogP contribution in [0.2, 0.25) is 0 Å². The van der Waals surface area contributed by atoms with E-state index in [-0.39, 0.29) is 11.9 Å². The van der Waals surface area contributed by atoms with Crippen LogP contribution in [-0.4, -0.2) is 38.1 Å². The van der Waals surface area contributed by atoms with Crippen molar-refractivity contribution in [2.45, 2.75) is 24.8 Å². The number of hydrogen-bond donors (Lipinski definition) is 3. The van der Waals surface area contributed by atoms with E-state index in [9.17, 15) is 9.59 Å². The Morgan fingerprint density at radius 2 is 1.54 bits per heavy atom. The second kappa shape index (κ2) is 9.10. The van der Waals surface area contributed by atoms with Gasteiger partial charge in [-0.3, -0.25) is 4.79 Å². The van der Waals surface area contributed by atoms with E-state index in [2.05, 4.69) is 69.4 Å². The van der Waals surface area contributed by atoms with Crippen molar-refractivity contribution in [3.05, 3.63) is 101 Å². The smallest absolute Gasteiger partial charge is 0.315 e. The Balaban J connectivity index is 1.06. The predicted octanol–water partition coefficient (Wildman–Crippen LogP) is 3.72. The van der Waals surface area contributed by atoms with Crippen molar-refractivity contribution in [2.24, 2.45) is 5.92 Å². The molecular formula is C29H30N4O2. The van der Waals surface area contributed by atoms with E-state index in [0.717, 1.165) is 24.2 Å². The van der Waals surface area contributed by atoms with Crippen molar-refractivity contribution in [1.29, 1.82) is 0 Å². The van der Waals surface area contributed by atoms with Gasteiger partial charge >= 0.3 is 6.03 Å². The lowest BCUT2D eigenvalue weighted by Gasteiger charge is -2.45. The van der Waals surface area contributed by atoms with Gasteiger partial charge in [0.15, 0.2) is 0 Å². The largest absolute Gasteiger partial charge is 0.360 e. The molecule has 1 saturated heterocycles. The normalized spacial score (nSPS) is 22.1. The molecule has 2 bridgehead atoms. The number of hydrogen-bond acceptors (Lipinski definition) is 3. The van der Waals surface area contributed by atoms with Crippen LogP contribution in [0.4, 0.5) is 10.5 Å². The zero-order valence-electron chi connectivity index (χ0n) is 19.7. The lowest BCUT2D eigenvalue weighted by Crippen LogP contribution is -2.47. The number of anilines is 1. The quantitative estimate of drug-likeness (QED) is 0.537. The molecule has 0 saturated carbocycles. The third kappa shape index (κ3) is 4.14. The highest BCUT2D eigenvalue weighted by atomic mass is 16.2. The molecule has 1 unspecified atom stereocenters. The van der Waals surface area contributed by atoms with Crippen molar-refractivity contribution >= 4 is 17.6 Å². The molecular weight excluding hydrogens is 436 g/mol. The van der Waals surface area contributed by atoms with Crippen LogP contribution >= 0.6 is 0 Å². The topological polar surface area (TPSA) is 73.5 Å². The zero-order valence-corrected chi connectivity index (χ0v) is 19.7. The number of nitrogens with one attached hydrogen (secondary N) is 3. The van der Waals surface area contributed by atoms with E-state index >= 15 is 0 Å². The van der Waals surface area contributed by atoms with Gasteiger partial charge in [-0.2, -0.15) is 0 Å². The molecule has 0 spiro atoms. The molecule has 1 heterocycles. The van der Waals surface area contributed by atoms with Gasteiger partial charge in [-0.05, 0) is 52.3 Å². The van der Waals surface area contributed by atoms with Gasteiger partial charge in [0.1, 0.15) is 0 Å². The maximum atomic E-state index is 12.6. The summed E-state index contributed by atoms with van der Waals surface area (Å²) in [5.41, 5.74) is 7.80. The Morgan fingerprint density at radius 3 is 2.20 bits per heavy atom. The van der Waals surface area contributed by atoms with Crippen LogP contribution in [0.25, 0.3) is 0 Å². The molecule has 0 radical (unpaired) electrons. The fraction of sp³-hybridized carbons (Fsp3) is 0.310. The van der Waals surface area contributed by atoms with Crippen LogP contribution in [0.1, 0.15) is 46.1 Å². The van der Waals surface area contributed by atoms with Gasteiger partial charge in [-0.15, -0.1) is 0 Å². The Morgan fingerprint density at radius 1 is 0.886 bits per heavy atom. The van der Waals surface area contributed by atoms with Crippen molar-refractivity contribution < 1.29 is 9.59 Å². The highest BCUT2D eigenvalue weighted by Gasteiger charge is 2.42. The minimum Gasteiger partial charge on any atom is -0.360 e. The molecule has 3 aliphatic carbocycles. The van der Waals surface area contributed by atoms with E-state index in [1.165, 1.54) is 22.3 Å². The predicted molar refractivity (Wildman–Crippen MR) is 137 cm³/mol. The Labute approximate surface area is 205 Å². The Bertz CT molecular complexity index is 1210. The summed E-state index contributed by atoms with van der Waals surface area (Å²) < 4.78 is 0. The van der Waals surface area contributed by atoms with Crippen LogP contribution in [-0.2, 0) is 11.3 Å². The summed E-state index contributed by atoms with van der Waals surface area (Å²) in [6.07, 6.45) is 1.06. The van der Waals surface area contributed by atoms with Crippen molar-refractivity contribution in [3.63, 3.8) is 0 Å². The lowest BCUT2D eigenvalue weighted by molar-refractivity contribution is -0.120. The number of urea groups is 1. The summed E-state index contributed by atoms with van der Waals surface area (Å²) in [4.78, 5) is 26.3. The number of amides is 3. The van der Waals surface area contributed by atoms with Crippen molar-refractivity contribution in [3.8, 4) is 0 Å². The highest BCUT2D eigenvalue weighted by molar-refractivity contribution is 5.82. The first-order valence-corrected chi connectivity index (χ1v) is 12.5. The minimum absolute atomic E-state index is 0.0526. The van der Waals surface area contributed by atoms with Gasteiger partial charge < -0.3 is 20.9 Å². The van der Waals surface area contributed by atoms with Gasteiger partial charge in [-0.25, -0.2) is 4.79 Å². The average Bonchev–Trinajstić information content (AvgIpc) is 2.91. The van der Waals surface area contributed by atoms with Gasteiger partial charge in [0.2, 0.25) is 5.91 Å². The third-order valence-electron chi connectivity index (χ3n) is 7.74. The van der Waals surface area contributed by atoms with Crippen LogP contribution < -0.4 is 20.9 Å². The van der Waals surface area contributed by atoms with Crippen LogP contribution in [0.15, 0.2) is 72.8 Å². The van der Waals surface area contributed by atoms with E-state index in [1.54, 1.807) is 0 Å². The third-order valence-corrected chi connectivity index (χ3v) is 7.74. The van der Waals surface area contributed by atoms with E-state index < -0.39 is 0 Å². The van der Waals surface area contributed by atoms with Crippen LogP contribution in [0.5, 0.6) is 0 Å². The first-order valence-electron chi connectivity index (χ1n) is 12.5. The molecule has 7 rings (SSSR count). The summed E-state index contributed by atoms with van der Waals surface area (Å²) in [5.74, 6) is 1.18. The highest BCUT2D eigenvalue weighted by Crippen LogP contribution is 2.55. The van der Waals surface area contributed by atoms with E-state index in [1.807, 2.05) is 24.3 Å². The standard InChI is InChI=1S/C29H30N4O2/c34-27-18-33(14-13-30-27)21-11-9-19(10-12-21)16-31-29(35)32-17-20-15-26-22-5-1-3-7-24(22)28(20)25-8-4-2-6-23(25)26/h1-12,20,26,28H,13-18H2,(H,30,34)(H2,31,32,35). The second-order valence-electron chi connectivity index (χ2n) is 9.79. The number of nitrogens with zero attached hydrogens (tertiary/aromatic N) is 1. The molecule has 3 amide bonds. The van der Waals surface area contributed by atoms with Crippen molar-refractivity contribution in [2.75, 3.05) is 31.1 Å². The maximum absolute atomic E-state index is 12.6. The van der Waals surface area contributed by atoms with E-state index in [0.29, 0.717) is 43.9 Å². The average molecular weight is 467 g/mol. The first kappa shape index (κ1) is 21.7. The van der Waals surface area contributed by atoms with Gasteiger partial charge in [0.05, 0.1) is 6.54 Å². The summed E-state index contributed by atoms with van der Waals surface area (Å²) in [6.45, 7) is 2.99. The number of piperazine rings is 1. The number of carbonyl (C=O) groups excluding carboxylic acids is 2. The summed E-state index contributed by atoms with van der Waals surface area (Å²) in [6, 6.07) is 25.5. The number of benzene rings is 3. The SMILES string of the molecule is O=C1CN(c2ccc(CNC(=O)NCC3CC4c5ccccc5C3c3ccccc34)cc2)CCN1. The maximum Gasteiger partial charge on any atom is 0.315 e. The van der Waals surface area contributed by atoms with Crippen molar-refractivity contribution in [1.82, 2.24) is 16.0 Å². The molecule has 3 aromatic rings. The zero-order chi connectivity index (χ0) is 23.8. The molecule has 1 fully saturated rings. The molecule has 178 valence electrons. The first-order chi connectivity index (χ1) is 17.2. The summed E-state index contributed by atoms with van der Waals surface area (Å²) in [7, 11) is 0. The monoisotopic (exact) mass is 466 g/mol. The molecule has 1 aliphatic heterocycles. The van der Waals surface area contributed by atoms with Crippen LogP contribution in [0, 0.1) is 5.92 Å². The Kier molecular flexibility index (Phi) is 5.64. The molecule has 4 aliphatic rings. The fourth-order valence-electron chi connectivity index (χ4n) is 6.11. The molecule has 6 heteroatoms. The van der Waals surface area contributed by atoms with Gasteiger partial charge in [0, 0.05) is 43.7 Å². The molecule has 3 N–H and O–H groups in total. The molecule has 35 heavy (non-hydrogen) atoms. The molecule has 0 aromatic heterocycles. The Hall–Kier alpha value is -3.80. The van der Waals surface area contributed by atoms with Gasteiger partial charge in [-0.1, -0.05) is 60.7 Å². The summed E-state index contributed by atoms with van der Waals surface area (Å²) >= 11 is 0. The fourth-order valence-corrected chi connectivity index (χ4v) is 6.11. The molecule has 6 nitrogen and oxygen atoms in total. The summed E-state index contributed by atoms with van der Waals surface area (Å²) in [5, 5.41) is 8.98.